The van der Waals surface area contributed by atoms with Crippen LogP contribution in [-0.4, -0.2) is 58.2 Å². The van der Waals surface area contributed by atoms with Crippen LogP contribution >= 0.6 is 11.3 Å². The molecule has 3 N–H and O–H groups in total. The summed E-state index contributed by atoms with van der Waals surface area (Å²) in [4.78, 5) is 33.0. The molecule has 0 radical (unpaired) electrons. The molecular weight excluding hydrogens is 426 g/mol. The Hall–Kier alpha value is -1.77. The number of rotatable bonds is 7. The van der Waals surface area contributed by atoms with E-state index >= 15 is 0 Å². The normalized spacial score (nSPS) is 33.7. The fourth-order valence-electron chi connectivity index (χ4n) is 5.88. The molecule has 176 valence electrons. The van der Waals surface area contributed by atoms with Crippen LogP contribution in [0.2, 0.25) is 0 Å². The zero-order valence-electron chi connectivity index (χ0n) is 19.3. The van der Waals surface area contributed by atoms with Gasteiger partial charge in [0.25, 0.3) is 0 Å². The van der Waals surface area contributed by atoms with Crippen LogP contribution in [-0.2, 0) is 16.0 Å². The molecule has 5 unspecified atom stereocenters. The summed E-state index contributed by atoms with van der Waals surface area (Å²) in [6.45, 7) is 8.26. The Balaban J connectivity index is 1.72. The molecule has 2 amide bonds. The molecule has 0 spiro atoms. The highest BCUT2D eigenvalue weighted by Gasteiger charge is 2.59. The fourth-order valence-corrected chi connectivity index (χ4v) is 6.95. The van der Waals surface area contributed by atoms with E-state index in [1.807, 2.05) is 6.92 Å². The highest BCUT2D eigenvalue weighted by Crippen LogP contribution is 2.62. The first-order valence-corrected chi connectivity index (χ1v) is 12.4. The van der Waals surface area contributed by atoms with Gasteiger partial charge in [0.2, 0.25) is 11.8 Å². The van der Waals surface area contributed by atoms with Gasteiger partial charge in [0.05, 0.1) is 18.4 Å². The summed E-state index contributed by atoms with van der Waals surface area (Å²) < 4.78 is 0. The third-order valence-electron chi connectivity index (χ3n) is 8.28. The molecule has 2 saturated carbocycles. The van der Waals surface area contributed by atoms with Crippen LogP contribution in [0.15, 0.2) is 12.7 Å². The van der Waals surface area contributed by atoms with Crippen LogP contribution in [0, 0.1) is 22.7 Å². The van der Waals surface area contributed by atoms with E-state index in [4.69, 9.17) is 4.98 Å². The third kappa shape index (κ3) is 3.90. The van der Waals surface area contributed by atoms with Crippen molar-refractivity contribution in [2.24, 2.45) is 22.7 Å². The topological polar surface area (TPSA) is 103 Å². The second kappa shape index (κ2) is 8.54. The molecule has 5 atom stereocenters. The number of likely N-dealkylation sites (N-methyl/N-ethyl adjacent to an activating group) is 1. The average molecular weight is 462 g/mol. The minimum Gasteiger partial charge on any atom is -0.396 e. The number of carbonyl (C=O) groups is 2. The number of hydrogen-bond acceptors (Lipinski definition) is 6. The number of nitrogens with zero attached hydrogens (tertiary/aromatic N) is 2. The standard InChI is InChI=1S/C24H35N3O4S/c1-5-10-27(4)19(30)11-15-20-16(32-22(25-20)26-21(31)14-6-7-14)12-17-23(15,2)9-8-18(29)24(17,3)13-28/h5,14-15,17-18,28-29H,1,6-13H2,2-4H3,(H,25,26,31). The van der Waals surface area contributed by atoms with Gasteiger partial charge in [0.15, 0.2) is 5.13 Å². The Bertz CT molecular complexity index is 913. The molecule has 1 heterocycles. The monoisotopic (exact) mass is 461 g/mol. The van der Waals surface area contributed by atoms with Gasteiger partial charge >= 0.3 is 0 Å². The third-order valence-corrected chi connectivity index (χ3v) is 9.29. The number of aromatic nitrogens is 1. The second-order valence-electron chi connectivity index (χ2n) is 10.4. The van der Waals surface area contributed by atoms with Crippen molar-refractivity contribution in [2.75, 3.05) is 25.5 Å². The smallest absolute Gasteiger partial charge is 0.229 e. The summed E-state index contributed by atoms with van der Waals surface area (Å²) in [5, 5.41) is 24.7. The van der Waals surface area contributed by atoms with E-state index in [9.17, 15) is 19.8 Å². The number of anilines is 1. The number of fused-ring (bicyclic) bond motifs is 2. The van der Waals surface area contributed by atoms with Gasteiger partial charge in [-0.15, -0.1) is 17.9 Å². The van der Waals surface area contributed by atoms with Crippen LogP contribution in [0.4, 0.5) is 5.13 Å². The summed E-state index contributed by atoms with van der Waals surface area (Å²) in [6, 6.07) is 0. The predicted molar refractivity (Wildman–Crippen MR) is 124 cm³/mol. The number of amides is 2. The van der Waals surface area contributed by atoms with Crippen molar-refractivity contribution in [1.82, 2.24) is 9.88 Å². The molecule has 1 aromatic rings. The highest BCUT2D eigenvalue weighted by atomic mass is 32.1. The van der Waals surface area contributed by atoms with Gasteiger partial charge in [0, 0.05) is 42.1 Å². The lowest BCUT2D eigenvalue weighted by Gasteiger charge is -2.58. The van der Waals surface area contributed by atoms with Crippen molar-refractivity contribution < 1.29 is 19.8 Å². The van der Waals surface area contributed by atoms with E-state index in [2.05, 4.69) is 18.8 Å². The molecule has 0 bridgehead atoms. The van der Waals surface area contributed by atoms with Crippen molar-refractivity contribution in [1.29, 1.82) is 0 Å². The first-order chi connectivity index (χ1) is 15.1. The first kappa shape index (κ1) is 23.4. The van der Waals surface area contributed by atoms with Crippen molar-refractivity contribution in [3.63, 3.8) is 0 Å². The van der Waals surface area contributed by atoms with Crippen molar-refractivity contribution >= 4 is 28.3 Å². The minimum atomic E-state index is -0.652. The predicted octanol–water partition coefficient (Wildman–Crippen LogP) is 2.94. The molecule has 7 nitrogen and oxygen atoms in total. The lowest BCUT2D eigenvalue weighted by Crippen LogP contribution is -2.57. The Labute approximate surface area is 193 Å². The fraction of sp³-hybridized carbons (Fsp3) is 0.708. The highest BCUT2D eigenvalue weighted by molar-refractivity contribution is 7.15. The molecule has 3 aliphatic rings. The zero-order chi connectivity index (χ0) is 23.3. The first-order valence-electron chi connectivity index (χ1n) is 11.6. The van der Waals surface area contributed by atoms with E-state index in [1.165, 1.54) is 11.3 Å². The van der Waals surface area contributed by atoms with E-state index in [0.717, 1.165) is 29.8 Å². The molecule has 8 heteroatoms. The molecule has 2 fully saturated rings. The number of nitrogens with one attached hydrogen (secondary N) is 1. The average Bonchev–Trinajstić information content (AvgIpc) is 3.54. The van der Waals surface area contributed by atoms with E-state index in [1.54, 1.807) is 18.0 Å². The number of carbonyl (C=O) groups excluding carboxylic acids is 2. The van der Waals surface area contributed by atoms with Gasteiger partial charge in [0.1, 0.15) is 0 Å². The lowest BCUT2D eigenvalue weighted by molar-refractivity contribution is -0.146. The molecule has 32 heavy (non-hydrogen) atoms. The van der Waals surface area contributed by atoms with E-state index < -0.39 is 11.5 Å². The molecule has 1 aromatic heterocycles. The maximum atomic E-state index is 13.1. The van der Waals surface area contributed by atoms with E-state index in [0.29, 0.717) is 30.9 Å². The molecule has 0 aliphatic heterocycles. The quantitative estimate of drug-likeness (QED) is 0.542. The van der Waals surface area contributed by atoms with Crippen molar-refractivity contribution in [3.8, 4) is 0 Å². The lowest BCUT2D eigenvalue weighted by atomic mass is 9.47. The Kier molecular flexibility index (Phi) is 6.24. The van der Waals surface area contributed by atoms with Gasteiger partial charge in [-0.05, 0) is 43.4 Å². The molecule has 0 aromatic carbocycles. The van der Waals surface area contributed by atoms with Crippen LogP contribution in [0.3, 0.4) is 0 Å². The van der Waals surface area contributed by atoms with Crippen molar-refractivity contribution in [3.05, 3.63) is 23.2 Å². The summed E-state index contributed by atoms with van der Waals surface area (Å²) in [7, 11) is 1.78. The van der Waals surface area contributed by atoms with Crippen LogP contribution < -0.4 is 5.32 Å². The summed E-state index contributed by atoms with van der Waals surface area (Å²) in [6.07, 6.45) is 5.32. The van der Waals surface area contributed by atoms with Crippen molar-refractivity contribution in [2.45, 2.75) is 64.4 Å². The summed E-state index contributed by atoms with van der Waals surface area (Å²) >= 11 is 1.48. The Morgan fingerprint density at radius 3 is 2.69 bits per heavy atom. The molecule has 4 rings (SSSR count). The maximum absolute atomic E-state index is 13.1. The van der Waals surface area contributed by atoms with Crippen LogP contribution in [0.25, 0.3) is 0 Å². The number of hydrogen-bond donors (Lipinski definition) is 3. The molecule has 3 aliphatic carbocycles. The summed E-state index contributed by atoms with van der Waals surface area (Å²) in [5.74, 6) is 0.00185. The zero-order valence-corrected chi connectivity index (χ0v) is 20.1. The van der Waals surface area contributed by atoms with Gasteiger partial charge in [-0.25, -0.2) is 4.98 Å². The minimum absolute atomic E-state index is 0.00574. The van der Waals surface area contributed by atoms with Gasteiger partial charge in [-0.3, -0.25) is 9.59 Å². The SMILES string of the molecule is C=CCN(C)C(=O)CC1c2nc(NC(=O)C3CC3)sc2CC2C(C)(CO)C(O)CCC12C. The molecule has 0 saturated heterocycles. The Morgan fingerprint density at radius 2 is 2.06 bits per heavy atom. The Morgan fingerprint density at radius 1 is 1.34 bits per heavy atom. The largest absolute Gasteiger partial charge is 0.396 e. The van der Waals surface area contributed by atoms with Crippen LogP contribution in [0.5, 0.6) is 0 Å². The number of aliphatic hydroxyl groups is 2. The second-order valence-corrected chi connectivity index (χ2v) is 11.5. The van der Waals surface area contributed by atoms with Gasteiger partial charge in [-0.2, -0.15) is 0 Å². The number of aliphatic hydroxyl groups excluding tert-OH is 2. The maximum Gasteiger partial charge on any atom is 0.229 e. The van der Waals surface area contributed by atoms with Gasteiger partial charge < -0.3 is 20.4 Å². The van der Waals surface area contributed by atoms with Crippen LogP contribution in [0.1, 0.15) is 62.4 Å². The molecular formula is C24H35N3O4S. The number of thiazole rings is 1. The van der Waals surface area contributed by atoms with Gasteiger partial charge in [-0.1, -0.05) is 19.9 Å². The van der Waals surface area contributed by atoms with E-state index in [-0.39, 0.29) is 41.6 Å². The summed E-state index contributed by atoms with van der Waals surface area (Å²) in [5.41, 5.74) is -0.0439.